The molecular weight excluding hydrogens is 474 g/mol. The van der Waals surface area contributed by atoms with E-state index in [2.05, 4.69) is 122 Å². The fourth-order valence-electron chi connectivity index (χ4n) is 5.97. The lowest BCUT2D eigenvalue weighted by molar-refractivity contribution is 0.0557. The summed E-state index contributed by atoms with van der Waals surface area (Å²) >= 11 is 0. The van der Waals surface area contributed by atoms with Crippen molar-refractivity contribution in [2.45, 2.75) is 31.0 Å². The molecule has 1 fully saturated rings. The molecule has 0 aromatic heterocycles. The maximum absolute atomic E-state index is 7.24. The number of hydrogen-bond acceptors (Lipinski definition) is 1. The normalized spacial score (nSPS) is 18.9. The minimum absolute atomic E-state index is 0.0257. The molecule has 3 heteroatoms. The Balaban J connectivity index is 1.58. The van der Waals surface area contributed by atoms with Crippen LogP contribution >= 0.6 is 15.2 Å². The molecule has 0 bridgehead atoms. The first-order chi connectivity index (χ1) is 17.6. The van der Waals surface area contributed by atoms with Crippen LogP contribution in [0.2, 0.25) is 0 Å². The fourth-order valence-corrected chi connectivity index (χ4v) is 11.5. The van der Waals surface area contributed by atoms with Crippen LogP contribution in [0.5, 0.6) is 0 Å². The third-order valence-electron chi connectivity index (χ3n) is 7.69. The Morgan fingerprint density at radius 3 is 1.86 bits per heavy atom. The van der Waals surface area contributed by atoms with Crippen molar-refractivity contribution in [3.05, 3.63) is 127 Å². The van der Waals surface area contributed by atoms with Gasteiger partial charge in [0.1, 0.15) is 0 Å². The molecule has 4 atom stereocenters. The molecule has 3 unspecified atom stereocenters. The van der Waals surface area contributed by atoms with Gasteiger partial charge in [-0.15, -0.1) is 0 Å². The number of rotatable bonds is 8. The Bertz CT molecular complexity index is 1200. The molecule has 1 aliphatic carbocycles. The van der Waals surface area contributed by atoms with Gasteiger partial charge >= 0.3 is 0 Å². The number of hydrogen-bond donors (Lipinski definition) is 0. The Morgan fingerprint density at radius 2 is 1.28 bits per heavy atom. The molecule has 0 N–H and O–H groups in total. The van der Waals surface area contributed by atoms with Crippen LogP contribution in [0.4, 0.5) is 0 Å². The van der Waals surface area contributed by atoms with Gasteiger partial charge in [0, 0.05) is 13.0 Å². The number of methoxy groups -OCH3 is 1. The van der Waals surface area contributed by atoms with Crippen LogP contribution in [0, 0.1) is 12.6 Å². The summed E-state index contributed by atoms with van der Waals surface area (Å²) in [5.74, 6) is 0.406. The second kappa shape index (κ2) is 11.4. The van der Waals surface area contributed by atoms with E-state index >= 15 is 0 Å². The lowest BCUT2D eigenvalue weighted by atomic mass is 9.94. The van der Waals surface area contributed by atoms with Gasteiger partial charge in [0.05, 0.1) is 31.0 Å². The highest BCUT2D eigenvalue weighted by Crippen LogP contribution is 2.65. The lowest BCUT2D eigenvalue weighted by Crippen LogP contribution is -2.32. The van der Waals surface area contributed by atoms with E-state index in [0.717, 1.165) is 6.42 Å². The Labute approximate surface area is 219 Å². The topological polar surface area (TPSA) is 9.23 Å². The average Bonchev–Trinajstić information content (AvgIpc) is 3.43. The van der Waals surface area contributed by atoms with Gasteiger partial charge in [-0.25, -0.2) is 0 Å². The van der Waals surface area contributed by atoms with Gasteiger partial charge in [0.25, 0.3) is 0 Å². The quantitative estimate of drug-likeness (QED) is 0.234. The summed E-state index contributed by atoms with van der Waals surface area (Å²) in [7, 11) is -0.636. The van der Waals surface area contributed by atoms with Crippen molar-refractivity contribution >= 4 is 36.4 Å². The molecule has 4 aromatic carbocycles. The average molecular weight is 510 g/mol. The van der Waals surface area contributed by atoms with Gasteiger partial charge in [0.15, 0.2) is 6.66 Å². The fraction of sp³-hybridized carbons (Fsp3) is 0.242. The van der Waals surface area contributed by atoms with Gasteiger partial charge in [-0.3, -0.25) is 0 Å². The number of ether oxygens (including phenoxy) is 1. The van der Waals surface area contributed by atoms with Crippen molar-refractivity contribution in [3.8, 4) is 0 Å². The molecule has 36 heavy (non-hydrogen) atoms. The van der Waals surface area contributed by atoms with Crippen LogP contribution in [-0.2, 0) is 4.74 Å². The summed E-state index contributed by atoms with van der Waals surface area (Å²) in [4.78, 5) is 0. The molecule has 0 heterocycles. The lowest BCUT2D eigenvalue weighted by Gasteiger charge is -2.34. The smallest absolute Gasteiger partial charge is 0.155 e. The Hall–Kier alpha value is -2.30. The van der Waals surface area contributed by atoms with Crippen LogP contribution in [0.1, 0.15) is 30.9 Å². The van der Waals surface area contributed by atoms with Crippen LogP contribution in [0.15, 0.2) is 115 Å². The van der Waals surface area contributed by atoms with Crippen molar-refractivity contribution in [3.63, 3.8) is 0 Å². The predicted octanol–water partition coefficient (Wildman–Crippen LogP) is 6.94. The summed E-state index contributed by atoms with van der Waals surface area (Å²) in [6.45, 7) is 9.57. The molecular formula is C33H35OP2+. The first-order valence-electron chi connectivity index (χ1n) is 12.8. The molecule has 4 aromatic rings. The van der Waals surface area contributed by atoms with E-state index in [-0.39, 0.29) is 6.10 Å². The minimum Gasteiger partial charge on any atom is -0.376 e. The minimum atomic E-state index is -1.82. The zero-order valence-corrected chi connectivity index (χ0v) is 23.0. The summed E-state index contributed by atoms with van der Waals surface area (Å²) in [5.41, 5.74) is 1.78. The molecule has 0 spiro atoms. The predicted molar refractivity (Wildman–Crippen MR) is 159 cm³/mol. The van der Waals surface area contributed by atoms with Crippen molar-refractivity contribution in [2.24, 2.45) is 5.92 Å². The van der Waals surface area contributed by atoms with Gasteiger partial charge in [-0.05, 0) is 60.8 Å². The Morgan fingerprint density at radius 1 is 0.750 bits per heavy atom. The second-order valence-electron chi connectivity index (χ2n) is 9.87. The highest BCUT2D eigenvalue weighted by Gasteiger charge is 2.50. The summed E-state index contributed by atoms with van der Waals surface area (Å²) in [5, 5.41) is 5.44. The van der Waals surface area contributed by atoms with Gasteiger partial charge in [0.2, 0.25) is 0 Å². The molecule has 0 saturated heterocycles. The number of benzene rings is 4. The molecule has 0 amide bonds. The van der Waals surface area contributed by atoms with E-state index in [1.165, 1.54) is 39.6 Å². The largest absolute Gasteiger partial charge is 0.376 e. The van der Waals surface area contributed by atoms with E-state index in [4.69, 9.17) is 11.4 Å². The van der Waals surface area contributed by atoms with E-state index in [0.29, 0.717) is 11.6 Å². The van der Waals surface area contributed by atoms with Crippen molar-refractivity contribution in [1.29, 1.82) is 0 Å². The molecule has 1 saturated carbocycles. The summed E-state index contributed by atoms with van der Waals surface area (Å²) in [6, 6.07) is 41.7. The summed E-state index contributed by atoms with van der Waals surface area (Å²) in [6.07, 6.45) is 3.57. The zero-order chi connectivity index (χ0) is 25.0. The van der Waals surface area contributed by atoms with E-state index < -0.39 is 15.2 Å². The standard InChI is InChI=1S/C33H35OP2/c1-34-33(30-23-15-25-32(30)36(2,3)28-20-11-6-12-21-28)29-22-13-14-24-31(29)35(26-16-7-4-8-17-26)27-18-9-5-10-19-27/h2,4-14,16-22,24,30,32-33H,15,23,25H2,1,3H3/q+1/t30?,32?,33-,36?/m0/s1. The third-order valence-corrected chi connectivity index (χ3v) is 13.6. The highest BCUT2D eigenvalue weighted by atomic mass is 31.2. The van der Waals surface area contributed by atoms with Crippen LogP contribution in [-0.4, -0.2) is 19.4 Å². The van der Waals surface area contributed by atoms with Gasteiger partial charge in [-0.1, -0.05) is 103 Å². The maximum Gasteiger partial charge on any atom is 0.155 e. The SMILES string of the molecule is [CH][P+](C)(c1ccccc1)C1CCCC1[C@@H](OC)c1ccccc1P(c1ccccc1)c1ccccc1. The highest BCUT2D eigenvalue weighted by molar-refractivity contribution is 7.84. The first kappa shape index (κ1) is 25.4. The Kier molecular flexibility index (Phi) is 8.03. The summed E-state index contributed by atoms with van der Waals surface area (Å²) < 4.78 is 6.42. The third kappa shape index (κ3) is 5.08. The van der Waals surface area contributed by atoms with Crippen molar-refractivity contribution < 1.29 is 4.74 Å². The van der Waals surface area contributed by atoms with Crippen molar-refractivity contribution in [2.75, 3.05) is 13.8 Å². The molecule has 1 aliphatic rings. The second-order valence-corrected chi connectivity index (χ2v) is 15.5. The van der Waals surface area contributed by atoms with E-state index in [1.54, 1.807) is 0 Å². The molecule has 2 radical (unpaired) electrons. The van der Waals surface area contributed by atoms with E-state index in [9.17, 15) is 0 Å². The van der Waals surface area contributed by atoms with Crippen LogP contribution in [0.3, 0.4) is 0 Å². The molecule has 5 rings (SSSR count). The van der Waals surface area contributed by atoms with E-state index in [1.807, 2.05) is 7.11 Å². The van der Waals surface area contributed by atoms with Crippen molar-refractivity contribution in [1.82, 2.24) is 0 Å². The molecule has 0 aliphatic heterocycles. The monoisotopic (exact) mass is 509 g/mol. The van der Waals surface area contributed by atoms with Crippen LogP contribution < -0.4 is 21.2 Å². The van der Waals surface area contributed by atoms with Gasteiger partial charge < -0.3 is 4.74 Å². The van der Waals surface area contributed by atoms with Crippen LogP contribution in [0.25, 0.3) is 0 Å². The first-order valence-corrected chi connectivity index (χ1v) is 16.5. The maximum atomic E-state index is 7.24. The van der Waals surface area contributed by atoms with Gasteiger partial charge in [-0.2, -0.15) is 0 Å². The molecule has 182 valence electrons. The zero-order valence-electron chi connectivity index (χ0n) is 21.2. The molecule has 1 nitrogen and oxygen atoms in total.